The average molecular weight is 210 g/mol. The number of fused-ring (bicyclic) bond motifs is 1. The molecule has 3 heterocycles. The number of aromatic amines is 1. The zero-order valence-electron chi connectivity index (χ0n) is 7.88. The molecule has 15 heavy (non-hydrogen) atoms. The van der Waals surface area contributed by atoms with Gasteiger partial charge in [-0.15, -0.1) is 0 Å². The van der Waals surface area contributed by atoms with Crippen molar-refractivity contribution in [1.29, 1.82) is 0 Å². The van der Waals surface area contributed by atoms with E-state index in [9.17, 15) is 9.59 Å². The summed E-state index contributed by atoms with van der Waals surface area (Å²) >= 11 is 0. The third kappa shape index (κ3) is 1.33. The standard InChI is InChI=1S/C9H10N2O4/c12-7-1-2-11(9(13)10-7)8-3-5-6(15-8)4-14-5/h1-2,5-6,8H,3-4H2,(H,10,12,13)/t5-,6+,8+/m0/s1. The molecule has 0 radical (unpaired) electrons. The number of hydrogen-bond acceptors (Lipinski definition) is 4. The van der Waals surface area contributed by atoms with E-state index in [4.69, 9.17) is 9.47 Å². The number of hydrogen-bond donors (Lipinski definition) is 1. The minimum Gasteiger partial charge on any atom is -0.372 e. The Morgan fingerprint density at radius 2 is 2.27 bits per heavy atom. The Hall–Kier alpha value is -1.40. The molecule has 3 atom stereocenters. The molecular weight excluding hydrogens is 200 g/mol. The van der Waals surface area contributed by atoms with Crippen LogP contribution in [0.15, 0.2) is 21.9 Å². The normalized spacial score (nSPS) is 33.5. The lowest BCUT2D eigenvalue weighted by Crippen LogP contribution is -2.40. The van der Waals surface area contributed by atoms with Crippen LogP contribution in [0.3, 0.4) is 0 Å². The van der Waals surface area contributed by atoms with Crippen LogP contribution >= 0.6 is 0 Å². The van der Waals surface area contributed by atoms with Crippen LogP contribution < -0.4 is 11.2 Å². The number of ether oxygens (including phenoxy) is 2. The molecule has 0 aliphatic carbocycles. The fourth-order valence-electron chi connectivity index (χ4n) is 1.95. The first-order valence-corrected chi connectivity index (χ1v) is 4.82. The highest BCUT2D eigenvalue weighted by molar-refractivity contribution is 4.91. The molecule has 80 valence electrons. The van der Waals surface area contributed by atoms with Crippen LogP contribution in [0.1, 0.15) is 12.6 Å². The van der Waals surface area contributed by atoms with E-state index in [-0.39, 0.29) is 18.4 Å². The third-order valence-corrected chi connectivity index (χ3v) is 2.82. The van der Waals surface area contributed by atoms with Crippen molar-refractivity contribution in [2.75, 3.05) is 6.61 Å². The number of aromatic nitrogens is 2. The fraction of sp³-hybridized carbons (Fsp3) is 0.556. The molecule has 0 saturated carbocycles. The second-order valence-corrected chi connectivity index (χ2v) is 3.75. The smallest absolute Gasteiger partial charge is 0.330 e. The van der Waals surface area contributed by atoms with Crippen LogP contribution in [0.4, 0.5) is 0 Å². The van der Waals surface area contributed by atoms with Crippen molar-refractivity contribution in [3.63, 3.8) is 0 Å². The summed E-state index contributed by atoms with van der Waals surface area (Å²) in [5.74, 6) is 0. The molecule has 2 aliphatic heterocycles. The summed E-state index contributed by atoms with van der Waals surface area (Å²) in [6.07, 6.45) is 2.02. The van der Waals surface area contributed by atoms with Crippen LogP contribution in [-0.4, -0.2) is 28.4 Å². The molecule has 6 nitrogen and oxygen atoms in total. The second-order valence-electron chi connectivity index (χ2n) is 3.75. The number of H-pyrrole nitrogens is 1. The second kappa shape index (κ2) is 3.04. The fourth-order valence-corrected chi connectivity index (χ4v) is 1.95. The van der Waals surface area contributed by atoms with Crippen LogP contribution in [-0.2, 0) is 9.47 Å². The van der Waals surface area contributed by atoms with Gasteiger partial charge in [0.05, 0.1) is 12.7 Å². The van der Waals surface area contributed by atoms with Gasteiger partial charge in [-0.05, 0) is 0 Å². The number of nitrogens with one attached hydrogen (secondary N) is 1. The van der Waals surface area contributed by atoms with Crippen molar-refractivity contribution in [3.05, 3.63) is 33.1 Å². The molecule has 0 aromatic carbocycles. The lowest BCUT2D eigenvalue weighted by atomic mass is 10.1. The predicted molar refractivity (Wildman–Crippen MR) is 49.6 cm³/mol. The SMILES string of the molecule is O=c1ccn([C@H]2C[C@@H]3OC[C@H]3O2)c(=O)[nH]1. The zero-order valence-corrected chi connectivity index (χ0v) is 7.88. The Morgan fingerprint density at radius 3 is 2.80 bits per heavy atom. The van der Waals surface area contributed by atoms with Crippen molar-refractivity contribution in [1.82, 2.24) is 9.55 Å². The first kappa shape index (κ1) is 8.87. The van der Waals surface area contributed by atoms with Crippen molar-refractivity contribution in [3.8, 4) is 0 Å². The van der Waals surface area contributed by atoms with Gasteiger partial charge in [-0.1, -0.05) is 0 Å². The molecule has 1 aromatic rings. The summed E-state index contributed by atoms with van der Waals surface area (Å²) in [4.78, 5) is 24.5. The predicted octanol–water partition coefficient (Wildman–Crippen LogP) is -0.777. The summed E-state index contributed by atoms with van der Waals surface area (Å²) in [7, 11) is 0. The molecule has 0 spiro atoms. The Labute approximate surface area is 84.4 Å². The Morgan fingerprint density at radius 1 is 1.40 bits per heavy atom. The maximum Gasteiger partial charge on any atom is 0.330 e. The van der Waals surface area contributed by atoms with Gasteiger partial charge in [0.25, 0.3) is 5.56 Å². The van der Waals surface area contributed by atoms with E-state index in [1.807, 2.05) is 0 Å². The first-order chi connectivity index (χ1) is 7.24. The van der Waals surface area contributed by atoms with Gasteiger partial charge in [-0.3, -0.25) is 14.3 Å². The summed E-state index contributed by atoms with van der Waals surface area (Å²) in [6, 6.07) is 1.31. The topological polar surface area (TPSA) is 73.3 Å². The van der Waals surface area contributed by atoms with Gasteiger partial charge in [-0.2, -0.15) is 0 Å². The number of rotatable bonds is 1. The van der Waals surface area contributed by atoms with Crippen molar-refractivity contribution >= 4 is 0 Å². The van der Waals surface area contributed by atoms with Crippen LogP contribution in [0.25, 0.3) is 0 Å². The van der Waals surface area contributed by atoms with Gasteiger partial charge in [0, 0.05) is 18.7 Å². The van der Waals surface area contributed by atoms with E-state index < -0.39 is 11.2 Å². The molecule has 0 bridgehead atoms. The lowest BCUT2D eigenvalue weighted by molar-refractivity contribution is -0.149. The van der Waals surface area contributed by atoms with E-state index in [0.29, 0.717) is 13.0 Å². The third-order valence-electron chi connectivity index (χ3n) is 2.82. The molecule has 0 unspecified atom stereocenters. The Bertz CT molecular complexity index is 479. The molecule has 0 amide bonds. The van der Waals surface area contributed by atoms with Crippen LogP contribution in [0.2, 0.25) is 0 Å². The van der Waals surface area contributed by atoms with Crippen LogP contribution in [0.5, 0.6) is 0 Å². The quantitative estimate of drug-likeness (QED) is 0.660. The zero-order chi connectivity index (χ0) is 10.4. The molecule has 2 saturated heterocycles. The van der Waals surface area contributed by atoms with Crippen LogP contribution in [0, 0.1) is 0 Å². The summed E-state index contributed by atoms with van der Waals surface area (Å²) in [5, 5.41) is 0. The molecule has 1 aromatic heterocycles. The first-order valence-electron chi connectivity index (χ1n) is 4.82. The highest BCUT2D eigenvalue weighted by atomic mass is 16.6. The summed E-state index contributed by atoms with van der Waals surface area (Å²) in [5.41, 5.74) is -0.831. The van der Waals surface area contributed by atoms with Gasteiger partial charge in [0.15, 0.2) is 0 Å². The minimum atomic E-state index is -0.436. The lowest BCUT2D eigenvalue weighted by Gasteiger charge is -2.28. The van der Waals surface area contributed by atoms with Gasteiger partial charge < -0.3 is 9.47 Å². The molecular formula is C9H10N2O4. The maximum absolute atomic E-state index is 11.4. The van der Waals surface area contributed by atoms with Gasteiger partial charge >= 0.3 is 5.69 Å². The van der Waals surface area contributed by atoms with Gasteiger partial charge in [0.1, 0.15) is 12.3 Å². The maximum atomic E-state index is 11.4. The molecule has 1 N–H and O–H groups in total. The molecule has 2 fully saturated rings. The average Bonchev–Trinajstić information content (AvgIpc) is 2.44. The van der Waals surface area contributed by atoms with E-state index in [1.165, 1.54) is 16.8 Å². The van der Waals surface area contributed by atoms with E-state index in [1.54, 1.807) is 0 Å². The highest BCUT2D eigenvalue weighted by Gasteiger charge is 2.43. The van der Waals surface area contributed by atoms with E-state index in [2.05, 4.69) is 4.98 Å². The Kier molecular flexibility index (Phi) is 1.80. The van der Waals surface area contributed by atoms with Crippen molar-refractivity contribution in [2.45, 2.75) is 24.9 Å². The molecule has 2 aliphatic rings. The van der Waals surface area contributed by atoms with E-state index >= 15 is 0 Å². The monoisotopic (exact) mass is 210 g/mol. The minimum absolute atomic E-state index is 0.105. The Balaban J connectivity index is 1.93. The van der Waals surface area contributed by atoms with Crippen molar-refractivity contribution < 1.29 is 9.47 Å². The largest absolute Gasteiger partial charge is 0.372 e. The van der Waals surface area contributed by atoms with Gasteiger partial charge in [-0.25, -0.2) is 4.79 Å². The summed E-state index contributed by atoms with van der Waals surface area (Å²) < 4.78 is 12.2. The highest BCUT2D eigenvalue weighted by Crippen LogP contribution is 2.35. The molecule has 3 rings (SSSR count). The van der Waals surface area contributed by atoms with Gasteiger partial charge in [0.2, 0.25) is 0 Å². The van der Waals surface area contributed by atoms with Crippen molar-refractivity contribution in [2.24, 2.45) is 0 Å². The number of nitrogens with zero attached hydrogens (tertiary/aromatic N) is 1. The summed E-state index contributed by atoms with van der Waals surface area (Å²) in [6.45, 7) is 0.596. The molecule has 6 heteroatoms. The van der Waals surface area contributed by atoms with E-state index in [0.717, 1.165) is 0 Å².